The minimum Gasteiger partial charge on any atom is -0.463 e. The van der Waals surface area contributed by atoms with Crippen LogP contribution >= 0.6 is 0 Å². The summed E-state index contributed by atoms with van der Waals surface area (Å²) in [5.41, 5.74) is 0. The number of rotatable bonds is 9. The summed E-state index contributed by atoms with van der Waals surface area (Å²) in [5, 5.41) is 9.36. The summed E-state index contributed by atoms with van der Waals surface area (Å²) in [6.07, 6.45) is 2.53. The number of unbranched alkanes of at least 4 members (excludes halogenated alkanes) is 2. The van der Waals surface area contributed by atoms with Gasteiger partial charge >= 0.3 is 11.9 Å². The first-order valence-electron chi connectivity index (χ1n) is 6.09. The Morgan fingerprint density at radius 1 is 1.06 bits per heavy atom. The number of hydrogen-bond acceptors (Lipinski definition) is 5. The Kier molecular flexibility index (Phi) is 9.43. The molecule has 0 aliphatic carbocycles. The van der Waals surface area contributed by atoms with Crippen LogP contribution in [0.3, 0.4) is 0 Å². The fraction of sp³-hybridized carbons (Fsp3) is 0.833. The van der Waals surface area contributed by atoms with Gasteiger partial charge in [0.1, 0.15) is 19.3 Å². The molecule has 0 bridgehead atoms. The Bertz CT molecular complexity index is 227. The second kappa shape index (κ2) is 10.1. The van der Waals surface area contributed by atoms with Crippen LogP contribution < -0.4 is 0 Å². The van der Waals surface area contributed by atoms with Crippen LogP contribution in [0.2, 0.25) is 0 Å². The van der Waals surface area contributed by atoms with Crippen LogP contribution in [0.5, 0.6) is 0 Å². The lowest BCUT2D eigenvalue weighted by atomic mass is 10.2. The summed E-state index contributed by atoms with van der Waals surface area (Å²) in [4.78, 5) is 22.0. The molecule has 0 aliphatic heterocycles. The third kappa shape index (κ3) is 9.81. The van der Waals surface area contributed by atoms with E-state index < -0.39 is 6.10 Å². The van der Waals surface area contributed by atoms with Crippen LogP contribution in [0.1, 0.15) is 46.0 Å². The Labute approximate surface area is 102 Å². The van der Waals surface area contributed by atoms with Gasteiger partial charge in [-0.25, -0.2) is 0 Å². The van der Waals surface area contributed by atoms with Crippen molar-refractivity contribution in [2.24, 2.45) is 0 Å². The van der Waals surface area contributed by atoms with Gasteiger partial charge in [0.2, 0.25) is 0 Å². The number of ether oxygens (including phenoxy) is 2. The molecule has 0 heterocycles. The van der Waals surface area contributed by atoms with Gasteiger partial charge in [0, 0.05) is 12.8 Å². The predicted octanol–water partition coefficient (Wildman–Crippen LogP) is 1.42. The van der Waals surface area contributed by atoms with E-state index in [4.69, 9.17) is 9.47 Å². The fourth-order valence-corrected chi connectivity index (χ4v) is 1.12. The van der Waals surface area contributed by atoms with Gasteiger partial charge in [-0.15, -0.1) is 0 Å². The standard InChI is InChI=1S/C12H22O5/c1-3-5-6-7-12(15)17-9-10(13)8-16-11(14)4-2/h10,13H,3-9H2,1-2H3. The van der Waals surface area contributed by atoms with Crippen molar-refractivity contribution in [1.29, 1.82) is 0 Å². The van der Waals surface area contributed by atoms with Crippen LogP contribution in [-0.2, 0) is 19.1 Å². The van der Waals surface area contributed by atoms with Gasteiger partial charge in [0.25, 0.3) is 0 Å². The fourth-order valence-electron chi connectivity index (χ4n) is 1.12. The summed E-state index contributed by atoms with van der Waals surface area (Å²) in [6.45, 7) is 3.47. The van der Waals surface area contributed by atoms with Crippen molar-refractivity contribution in [3.63, 3.8) is 0 Å². The van der Waals surface area contributed by atoms with Crippen molar-refractivity contribution in [2.45, 2.75) is 52.1 Å². The molecule has 0 saturated heterocycles. The van der Waals surface area contributed by atoms with Crippen molar-refractivity contribution in [1.82, 2.24) is 0 Å². The van der Waals surface area contributed by atoms with E-state index in [0.29, 0.717) is 6.42 Å². The Balaban J connectivity index is 3.51. The van der Waals surface area contributed by atoms with Crippen LogP contribution in [0, 0.1) is 0 Å². The Morgan fingerprint density at radius 2 is 1.65 bits per heavy atom. The highest BCUT2D eigenvalue weighted by atomic mass is 16.6. The summed E-state index contributed by atoms with van der Waals surface area (Å²) in [7, 11) is 0. The molecule has 0 rings (SSSR count). The number of esters is 2. The van der Waals surface area contributed by atoms with Crippen LogP contribution in [0.25, 0.3) is 0 Å². The highest BCUT2D eigenvalue weighted by Crippen LogP contribution is 2.01. The van der Waals surface area contributed by atoms with Crippen LogP contribution in [-0.4, -0.2) is 36.4 Å². The molecule has 100 valence electrons. The molecule has 0 fully saturated rings. The Hall–Kier alpha value is -1.10. The molecule has 0 amide bonds. The summed E-state index contributed by atoms with van der Waals surface area (Å²) < 4.78 is 9.54. The second-order valence-electron chi connectivity index (χ2n) is 3.83. The van der Waals surface area contributed by atoms with E-state index >= 15 is 0 Å². The van der Waals surface area contributed by atoms with Crippen molar-refractivity contribution in [3.05, 3.63) is 0 Å². The van der Waals surface area contributed by atoms with E-state index in [0.717, 1.165) is 19.3 Å². The quantitative estimate of drug-likeness (QED) is 0.492. The Morgan fingerprint density at radius 3 is 2.18 bits per heavy atom. The van der Waals surface area contributed by atoms with Gasteiger partial charge in [0.15, 0.2) is 0 Å². The zero-order valence-electron chi connectivity index (χ0n) is 10.6. The maximum Gasteiger partial charge on any atom is 0.305 e. The predicted molar refractivity (Wildman–Crippen MR) is 62.4 cm³/mol. The molecule has 0 aromatic carbocycles. The SMILES string of the molecule is CCCCCC(=O)OCC(O)COC(=O)CC. The lowest BCUT2D eigenvalue weighted by Crippen LogP contribution is -2.25. The van der Waals surface area contributed by atoms with Crippen LogP contribution in [0.4, 0.5) is 0 Å². The zero-order chi connectivity index (χ0) is 13.1. The van der Waals surface area contributed by atoms with Crippen molar-refractivity contribution >= 4 is 11.9 Å². The van der Waals surface area contributed by atoms with Gasteiger partial charge in [-0.1, -0.05) is 26.7 Å². The minimum absolute atomic E-state index is 0.123. The summed E-state index contributed by atoms with van der Waals surface area (Å²) >= 11 is 0. The molecule has 1 atom stereocenters. The third-order valence-corrected chi connectivity index (χ3v) is 2.15. The molecule has 1 unspecified atom stereocenters. The van der Waals surface area contributed by atoms with E-state index in [1.165, 1.54) is 0 Å². The second-order valence-corrected chi connectivity index (χ2v) is 3.83. The van der Waals surface area contributed by atoms with Crippen molar-refractivity contribution < 1.29 is 24.2 Å². The summed E-state index contributed by atoms with van der Waals surface area (Å²) in [6, 6.07) is 0. The molecule has 5 nitrogen and oxygen atoms in total. The molecule has 0 saturated carbocycles. The molecule has 0 aromatic heterocycles. The maximum atomic E-state index is 11.2. The van der Waals surface area contributed by atoms with E-state index in [1.807, 2.05) is 0 Å². The zero-order valence-corrected chi connectivity index (χ0v) is 10.6. The van der Waals surface area contributed by atoms with Crippen molar-refractivity contribution in [2.75, 3.05) is 13.2 Å². The molecule has 17 heavy (non-hydrogen) atoms. The molecule has 0 aliphatic rings. The first kappa shape index (κ1) is 15.9. The van der Waals surface area contributed by atoms with Gasteiger partial charge in [0.05, 0.1) is 0 Å². The molecular weight excluding hydrogens is 224 g/mol. The van der Waals surface area contributed by atoms with E-state index in [-0.39, 0.29) is 31.6 Å². The van der Waals surface area contributed by atoms with E-state index in [9.17, 15) is 14.7 Å². The van der Waals surface area contributed by atoms with Gasteiger partial charge in [-0.05, 0) is 6.42 Å². The molecule has 0 aromatic rings. The molecular formula is C12H22O5. The lowest BCUT2D eigenvalue weighted by molar-refractivity contribution is -0.152. The van der Waals surface area contributed by atoms with Gasteiger partial charge in [-0.2, -0.15) is 0 Å². The number of hydrogen-bond donors (Lipinski definition) is 1. The topological polar surface area (TPSA) is 72.8 Å². The van der Waals surface area contributed by atoms with Gasteiger partial charge in [-0.3, -0.25) is 9.59 Å². The average Bonchev–Trinajstić information content (AvgIpc) is 2.33. The molecule has 1 N–H and O–H groups in total. The minimum atomic E-state index is -0.944. The van der Waals surface area contributed by atoms with E-state index in [2.05, 4.69) is 6.92 Å². The molecule has 5 heteroatoms. The normalized spacial score (nSPS) is 11.9. The highest BCUT2D eigenvalue weighted by molar-refractivity contribution is 5.69. The highest BCUT2D eigenvalue weighted by Gasteiger charge is 2.10. The first-order valence-corrected chi connectivity index (χ1v) is 6.09. The third-order valence-electron chi connectivity index (χ3n) is 2.15. The lowest BCUT2D eigenvalue weighted by Gasteiger charge is -2.11. The number of carbonyl (C=O) groups excluding carboxylic acids is 2. The number of aliphatic hydroxyl groups excluding tert-OH is 1. The first-order chi connectivity index (χ1) is 8.10. The number of aliphatic hydroxyl groups is 1. The average molecular weight is 246 g/mol. The van der Waals surface area contributed by atoms with Crippen LogP contribution in [0.15, 0.2) is 0 Å². The van der Waals surface area contributed by atoms with E-state index in [1.54, 1.807) is 6.92 Å². The largest absolute Gasteiger partial charge is 0.463 e. The smallest absolute Gasteiger partial charge is 0.305 e. The molecule has 0 radical (unpaired) electrons. The monoisotopic (exact) mass is 246 g/mol. The molecule has 0 spiro atoms. The maximum absolute atomic E-state index is 11.2. The summed E-state index contributed by atoms with van der Waals surface area (Å²) in [5.74, 6) is -0.697. The van der Waals surface area contributed by atoms with Crippen molar-refractivity contribution in [3.8, 4) is 0 Å². The number of carbonyl (C=O) groups is 2. The van der Waals surface area contributed by atoms with Gasteiger partial charge < -0.3 is 14.6 Å².